The third-order valence-corrected chi connectivity index (χ3v) is 3.12. The van der Waals surface area contributed by atoms with Crippen molar-refractivity contribution in [2.75, 3.05) is 0 Å². The average molecular weight is 366 g/mol. The van der Waals surface area contributed by atoms with Gasteiger partial charge in [-0.1, -0.05) is 15.9 Å². The fourth-order valence-corrected chi connectivity index (χ4v) is 2.16. The van der Waals surface area contributed by atoms with Gasteiger partial charge in [-0.25, -0.2) is 10.2 Å². The van der Waals surface area contributed by atoms with Crippen LogP contribution >= 0.6 is 15.9 Å². The molecular weight excluding hydrogens is 350 g/mol. The number of halogens is 1. The van der Waals surface area contributed by atoms with Crippen LogP contribution in [0.15, 0.2) is 34.9 Å². The Kier molecular flexibility index (Phi) is 4.65. The van der Waals surface area contributed by atoms with Crippen molar-refractivity contribution in [3.63, 3.8) is 0 Å². The molecule has 0 spiro atoms. The molecule has 0 aliphatic rings. The molecule has 2 rings (SSSR count). The summed E-state index contributed by atoms with van der Waals surface area (Å²) < 4.78 is 5.88. The lowest BCUT2D eigenvalue weighted by molar-refractivity contribution is 0.0483. The average Bonchev–Trinajstić information content (AvgIpc) is 2.42. The number of rotatable bonds is 1. The van der Waals surface area contributed by atoms with Crippen LogP contribution in [0.4, 0.5) is 4.79 Å². The van der Waals surface area contributed by atoms with Crippen molar-refractivity contribution >= 4 is 38.8 Å². The summed E-state index contributed by atoms with van der Waals surface area (Å²) in [6.07, 6.45) is 0.818. The van der Waals surface area contributed by atoms with Gasteiger partial charge in [-0.15, -0.1) is 0 Å². The van der Waals surface area contributed by atoms with Gasteiger partial charge in [0.15, 0.2) is 0 Å². The molecule has 0 aliphatic carbocycles. The highest BCUT2D eigenvalue weighted by Crippen LogP contribution is 2.21. The number of nitrogens with one attached hydrogen (secondary N) is 2. The number of hydrogen-bond donors (Lipinski definition) is 2. The summed E-state index contributed by atoms with van der Waals surface area (Å²) in [7, 11) is 0. The van der Waals surface area contributed by atoms with E-state index < -0.39 is 17.6 Å². The van der Waals surface area contributed by atoms with E-state index in [2.05, 4.69) is 31.8 Å². The number of pyridine rings is 1. The number of nitrogens with zero attached hydrogens (tertiary/aromatic N) is 1. The van der Waals surface area contributed by atoms with E-state index in [1.54, 1.807) is 45.2 Å². The van der Waals surface area contributed by atoms with Crippen molar-refractivity contribution in [1.82, 2.24) is 15.8 Å². The molecule has 0 saturated carbocycles. The number of ether oxygens (including phenoxy) is 1. The van der Waals surface area contributed by atoms with Crippen LogP contribution in [0.25, 0.3) is 10.9 Å². The van der Waals surface area contributed by atoms with Crippen LogP contribution in [-0.4, -0.2) is 22.6 Å². The zero-order valence-electron chi connectivity index (χ0n) is 12.4. The lowest BCUT2D eigenvalue weighted by Gasteiger charge is -2.19. The molecule has 6 nitrogen and oxygen atoms in total. The Labute approximate surface area is 136 Å². The summed E-state index contributed by atoms with van der Waals surface area (Å²) in [5, 5.41) is 0.681. The van der Waals surface area contributed by atoms with E-state index in [4.69, 9.17) is 4.74 Å². The van der Waals surface area contributed by atoms with Gasteiger partial charge in [-0.05, 0) is 45.0 Å². The molecule has 0 unspecified atom stereocenters. The molecule has 0 saturated heterocycles. The molecular formula is C15H16BrN3O3. The molecule has 0 bridgehead atoms. The third kappa shape index (κ3) is 4.17. The number of hydrogen-bond acceptors (Lipinski definition) is 4. The van der Waals surface area contributed by atoms with Crippen LogP contribution in [0.5, 0.6) is 0 Å². The monoisotopic (exact) mass is 365 g/mol. The molecule has 1 heterocycles. The smallest absolute Gasteiger partial charge is 0.426 e. The van der Waals surface area contributed by atoms with Crippen molar-refractivity contribution in [3.05, 3.63) is 40.5 Å². The number of aromatic nitrogens is 1. The largest absolute Gasteiger partial charge is 0.443 e. The van der Waals surface area contributed by atoms with E-state index in [-0.39, 0.29) is 0 Å². The van der Waals surface area contributed by atoms with Gasteiger partial charge in [0, 0.05) is 16.1 Å². The van der Waals surface area contributed by atoms with Gasteiger partial charge in [-0.2, -0.15) is 0 Å². The van der Waals surface area contributed by atoms with Crippen molar-refractivity contribution in [1.29, 1.82) is 0 Å². The second kappa shape index (κ2) is 6.31. The first-order valence-electron chi connectivity index (χ1n) is 6.60. The van der Waals surface area contributed by atoms with Crippen molar-refractivity contribution in [2.45, 2.75) is 26.4 Å². The maximum Gasteiger partial charge on any atom is 0.426 e. The summed E-state index contributed by atoms with van der Waals surface area (Å²) in [6, 6.07) is 7.03. The lowest BCUT2D eigenvalue weighted by Crippen LogP contribution is -2.44. The zero-order valence-corrected chi connectivity index (χ0v) is 14.0. The fourth-order valence-electron chi connectivity index (χ4n) is 1.80. The van der Waals surface area contributed by atoms with E-state index >= 15 is 0 Å². The van der Waals surface area contributed by atoms with E-state index in [9.17, 15) is 9.59 Å². The summed E-state index contributed by atoms with van der Waals surface area (Å²) in [5.74, 6) is -0.448. The normalized spacial score (nSPS) is 11.1. The molecule has 0 aliphatic heterocycles. The molecule has 2 amide bonds. The van der Waals surface area contributed by atoms with Crippen LogP contribution in [0, 0.1) is 0 Å². The van der Waals surface area contributed by atoms with Crippen LogP contribution < -0.4 is 10.9 Å². The summed E-state index contributed by atoms with van der Waals surface area (Å²) in [6.45, 7) is 5.22. The SMILES string of the molecule is CC(C)(C)OC(=O)NNC(=O)c1ccnc2ccc(Br)cc12. The zero-order chi connectivity index (χ0) is 16.3. The molecule has 2 aromatic rings. The topological polar surface area (TPSA) is 80.3 Å². The third-order valence-electron chi connectivity index (χ3n) is 2.63. The van der Waals surface area contributed by atoms with Gasteiger partial charge >= 0.3 is 6.09 Å². The molecule has 0 fully saturated rings. The number of carbonyl (C=O) groups excluding carboxylic acids is 2. The minimum atomic E-state index is -0.722. The maximum absolute atomic E-state index is 12.2. The van der Waals surface area contributed by atoms with Gasteiger partial charge in [0.05, 0.1) is 11.1 Å². The number of carbonyl (C=O) groups is 2. The molecule has 7 heteroatoms. The minimum absolute atomic E-state index is 0.405. The molecule has 0 radical (unpaired) electrons. The Morgan fingerprint density at radius 1 is 1.18 bits per heavy atom. The van der Waals surface area contributed by atoms with Crippen LogP contribution in [-0.2, 0) is 4.74 Å². The molecule has 1 aromatic heterocycles. The number of amides is 2. The summed E-state index contributed by atoms with van der Waals surface area (Å²) in [4.78, 5) is 28.0. The van der Waals surface area contributed by atoms with Crippen LogP contribution in [0.3, 0.4) is 0 Å². The van der Waals surface area contributed by atoms with E-state index in [1.807, 2.05) is 6.07 Å². The standard InChI is InChI=1S/C15H16BrN3O3/c1-15(2,3)22-14(21)19-18-13(20)10-6-7-17-12-5-4-9(16)8-11(10)12/h4-8H,1-3H3,(H,18,20)(H,19,21). The Morgan fingerprint density at radius 3 is 2.59 bits per heavy atom. The summed E-state index contributed by atoms with van der Waals surface area (Å²) in [5.41, 5.74) is 5.01. The van der Waals surface area contributed by atoms with Gasteiger partial charge in [0.1, 0.15) is 5.60 Å². The van der Waals surface area contributed by atoms with Gasteiger partial charge in [0.2, 0.25) is 0 Å². The summed E-state index contributed by atoms with van der Waals surface area (Å²) >= 11 is 3.36. The Morgan fingerprint density at radius 2 is 1.91 bits per heavy atom. The quantitative estimate of drug-likeness (QED) is 0.760. The highest BCUT2D eigenvalue weighted by Gasteiger charge is 2.17. The Balaban J connectivity index is 2.13. The molecule has 2 N–H and O–H groups in total. The van der Waals surface area contributed by atoms with Crippen LogP contribution in [0.1, 0.15) is 31.1 Å². The minimum Gasteiger partial charge on any atom is -0.443 e. The second-order valence-electron chi connectivity index (χ2n) is 5.60. The van der Waals surface area contributed by atoms with Crippen molar-refractivity contribution in [2.24, 2.45) is 0 Å². The molecule has 1 aromatic carbocycles. The van der Waals surface area contributed by atoms with E-state index in [1.165, 1.54) is 0 Å². The van der Waals surface area contributed by atoms with Crippen molar-refractivity contribution in [3.8, 4) is 0 Å². The van der Waals surface area contributed by atoms with Gasteiger partial charge < -0.3 is 4.74 Å². The second-order valence-corrected chi connectivity index (χ2v) is 6.52. The Hall–Kier alpha value is -2.15. The predicted octanol–water partition coefficient (Wildman–Crippen LogP) is 3.17. The van der Waals surface area contributed by atoms with Gasteiger partial charge in [-0.3, -0.25) is 15.2 Å². The first kappa shape index (κ1) is 16.2. The van der Waals surface area contributed by atoms with Gasteiger partial charge in [0.25, 0.3) is 5.91 Å². The number of fused-ring (bicyclic) bond motifs is 1. The first-order valence-corrected chi connectivity index (χ1v) is 7.39. The molecule has 116 valence electrons. The highest BCUT2D eigenvalue weighted by molar-refractivity contribution is 9.10. The van der Waals surface area contributed by atoms with Crippen molar-refractivity contribution < 1.29 is 14.3 Å². The van der Waals surface area contributed by atoms with Crippen LogP contribution in [0.2, 0.25) is 0 Å². The van der Waals surface area contributed by atoms with E-state index in [0.29, 0.717) is 16.5 Å². The lowest BCUT2D eigenvalue weighted by atomic mass is 10.1. The predicted molar refractivity (Wildman–Crippen MR) is 86.3 cm³/mol. The molecule has 22 heavy (non-hydrogen) atoms. The number of hydrazine groups is 1. The first-order chi connectivity index (χ1) is 10.3. The Bertz CT molecular complexity index is 726. The fraction of sp³-hybridized carbons (Fsp3) is 0.267. The molecule has 0 atom stereocenters. The maximum atomic E-state index is 12.2. The number of benzene rings is 1. The van der Waals surface area contributed by atoms with E-state index in [0.717, 1.165) is 4.47 Å². The highest BCUT2D eigenvalue weighted by atomic mass is 79.9.